The van der Waals surface area contributed by atoms with E-state index in [2.05, 4.69) is 5.32 Å². The molecule has 1 N–H and O–H groups in total. The van der Waals surface area contributed by atoms with Gasteiger partial charge in [0.25, 0.3) is 11.6 Å². The molecule has 2 rings (SSSR count). The molecular formula is C14H11ClN2O3. The lowest BCUT2D eigenvalue weighted by atomic mass is 10.1. The van der Waals surface area contributed by atoms with Gasteiger partial charge in [0, 0.05) is 17.8 Å². The predicted molar refractivity (Wildman–Crippen MR) is 77.2 cm³/mol. The van der Waals surface area contributed by atoms with Gasteiger partial charge in [-0.05, 0) is 30.7 Å². The molecule has 2 aromatic rings. The molecule has 0 unspecified atom stereocenters. The van der Waals surface area contributed by atoms with Crippen LogP contribution in [0.4, 0.5) is 11.4 Å². The molecule has 102 valence electrons. The minimum Gasteiger partial charge on any atom is -0.322 e. The van der Waals surface area contributed by atoms with Crippen molar-refractivity contribution in [3.05, 3.63) is 68.7 Å². The van der Waals surface area contributed by atoms with Gasteiger partial charge < -0.3 is 5.32 Å². The predicted octanol–water partition coefficient (Wildman–Crippen LogP) is 3.81. The summed E-state index contributed by atoms with van der Waals surface area (Å²) in [6.45, 7) is 1.91. The SMILES string of the molecule is Cc1cccc(NC(=O)c2ccc([N+](=O)[O-])cc2Cl)c1. The van der Waals surface area contributed by atoms with Crippen molar-refractivity contribution in [3.63, 3.8) is 0 Å². The summed E-state index contributed by atoms with van der Waals surface area (Å²) in [5.74, 6) is -0.407. The third-order valence-corrected chi connectivity index (χ3v) is 3.00. The zero-order chi connectivity index (χ0) is 14.7. The lowest BCUT2D eigenvalue weighted by molar-refractivity contribution is -0.384. The summed E-state index contributed by atoms with van der Waals surface area (Å²) in [6, 6.07) is 11.0. The Balaban J connectivity index is 2.23. The van der Waals surface area contributed by atoms with E-state index in [1.807, 2.05) is 25.1 Å². The largest absolute Gasteiger partial charge is 0.322 e. The average Bonchev–Trinajstić information content (AvgIpc) is 2.38. The van der Waals surface area contributed by atoms with Gasteiger partial charge in [0.15, 0.2) is 0 Å². The minimum absolute atomic E-state index is 0.0457. The molecule has 0 saturated heterocycles. The van der Waals surface area contributed by atoms with Gasteiger partial charge in [-0.2, -0.15) is 0 Å². The number of benzene rings is 2. The van der Waals surface area contributed by atoms with Crippen molar-refractivity contribution in [2.45, 2.75) is 6.92 Å². The highest BCUT2D eigenvalue weighted by atomic mass is 35.5. The van der Waals surface area contributed by atoms with Gasteiger partial charge in [0.1, 0.15) is 0 Å². The number of amides is 1. The van der Waals surface area contributed by atoms with E-state index in [0.717, 1.165) is 11.6 Å². The van der Waals surface area contributed by atoms with Crippen LogP contribution in [0.3, 0.4) is 0 Å². The van der Waals surface area contributed by atoms with Gasteiger partial charge in [-0.25, -0.2) is 0 Å². The average molecular weight is 291 g/mol. The van der Waals surface area contributed by atoms with Gasteiger partial charge in [-0.3, -0.25) is 14.9 Å². The number of nitro groups is 1. The molecule has 0 bridgehead atoms. The molecule has 0 radical (unpaired) electrons. The summed E-state index contributed by atoms with van der Waals surface area (Å²) in [6.07, 6.45) is 0. The van der Waals surface area contributed by atoms with E-state index in [-0.39, 0.29) is 16.3 Å². The zero-order valence-electron chi connectivity index (χ0n) is 10.6. The van der Waals surface area contributed by atoms with Crippen LogP contribution >= 0.6 is 11.6 Å². The molecule has 0 aliphatic carbocycles. The van der Waals surface area contributed by atoms with Crippen LogP contribution in [0.5, 0.6) is 0 Å². The quantitative estimate of drug-likeness (QED) is 0.690. The first-order chi connectivity index (χ1) is 9.47. The number of nitrogens with one attached hydrogen (secondary N) is 1. The molecule has 1 amide bonds. The highest BCUT2D eigenvalue weighted by Gasteiger charge is 2.15. The molecule has 0 fully saturated rings. The topological polar surface area (TPSA) is 72.2 Å². The highest BCUT2D eigenvalue weighted by Crippen LogP contribution is 2.23. The van der Waals surface area contributed by atoms with E-state index in [1.165, 1.54) is 12.1 Å². The molecule has 0 atom stereocenters. The number of nitro benzene ring substituents is 1. The fraction of sp³-hybridized carbons (Fsp3) is 0.0714. The van der Waals surface area contributed by atoms with E-state index in [4.69, 9.17) is 11.6 Å². The number of hydrogen-bond donors (Lipinski definition) is 1. The number of aryl methyl sites for hydroxylation is 1. The van der Waals surface area contributed by atoms with Gasteiger partial charge in [0.05, 0.1) is 15.5 Å². The van der Waals surface area contributed by atoms with Crippen LogP contribution < -0.4 is 5.32 Å². The lowest BCUT2D eigenvalue weighted by Gasteiger charge is -2.07. The number of halogens is 1. The number of hydrogen-bond acceptors (Lipinski definition) is 3. The Labute approximate surface area is 120 Å². The number of carbonyl (C=O) groups is 1. The number of carbonyl (C=O) groups excluding carboxylic acids is 1. The number of anilines is 1. The Hall–Kier alpha value is -2.40. The Kier molecular flexibility index (Phi) is 4.00. The number of rotatable bonds is 3. The fourth-order valence-electron chi connectivity index (χ4n) is 1.72. The van der Waals surface area contributed by atoms with Crippen molar-refractivity contribution in [2.75, 3.05) is 5.32 Å². The Bertz CT molecular complexity index is 686. The maximum atomic E-state index is 12.1. The van der Waals surface area contributed by atoms with Gasteiger partial charge in [-0.15, -0.1) is 0 Å². The summed E-state index contributed by atoms with van der Waals surface area (Å²) in [5.41, 5.74) is 1.70. The zero-order valence-corrected chi connectivity index (χ0v) is 11.3. The minimum atomic E-state index is -0.561. The molecule has 0 spiro atoms. The van der Waals surface area contributed by atoms with Crippen molar-refractivity contribution in [2.24, 2.45) is 0 Å². The third kappa shape index (κ3) is 3.13. The maximum Gasteiger partial charge on any atom is 0.270 e. The van der Waals surface area contributed by atoms with Gasteiger partial charge in [-0.1, -0.05) is 23.7 Å². The molecule has 0 aliphatic rings. The summed E-state index contributed by atoms with van der Waals surface area (Å²) in [5, 5.41) is 13.4. The van der Waals surface area contributed by atoms with Crippen LogP contribution in [-0.2, 0) is 0 Å². The summed E-state index contributed by atoms with van der Waals surface area (Å²) in [7, 11) is 0. The Morgan fingerprint density at radius 2 is 2.00 bits per heavy atom. The molecule has 20 heavy (non-hydrogen) atoms. The lowest BCUT2D eigenvalue weighted by Crippen LogP contribution is -2.12. The molecule has 0 aliphatic heterocycles. The van der Waals surface area contributed by atoms with E-state index in [0.29, 0.717) is 5.69 Å². The van der Waals surface area contributed by atoms with Crippen molar-refractivity contribution in [1.29, 1.82) is 0 Å². The number of non-ortho nitro benzene ring substituents is 1. The highest BCUT2D eigenvalue weighted by molar-refractivity contribution is 6.34. The van der Waals surface area contributed by atoms with E-state index in [1.54, 1.807) is 6.07 Å². The first-order valence-electron chi connectivity index (χ1n) is 5.79. The summed E-state index contributed by atoms with van der Waals surface area (Å²) < 4.78 is 0. The fourth-order valence-corrected chi connectivity index (χ4v) is 1.98. The van der Waals surface area contributed by atoms with Gasteiger partial charge in [0.2, 0.25) is 0 Å². The molecule has 0 saturated carbocycles. The van der Waals surface area contributed by atoms with Crippen LogP contribution in [-0.4, -0.2) is 10.8 Å². The Morgan fingerprint density at radius 1 is 1.25 bits per heavy atom. The van der Waals surface area contributed by atoms with Crippen molar-refractivity contribution in [3.8, 4) is 0 Å². The summed E-state index contributed by atoms with van der Waals surface area (Å²) in [4.78, 5) is 22.1. The van der Waals surface area contributed by atoms with Crippen molar-refractivity contribution in [1.82, 2.24) is 0 Å². The second-order valence-corrected chi connectivity index (χ2v) is 4.65. The second kappa shape index (κ2) is 5.71. The van der Waals surface area contributed by atoms with Crippen molar-refractivity contribution >= 4 is 28.9 Å². The van der Waals surface area contributed by atoms with Crippen molar-refractivity contribution < 1.29 is 9.72 Å². The maximum absolute atomic E-state index is 12.1. The summed E-state index contributed by atoms with van der Waals surface area (Å²) >= 11 is 5.90. The van der Waals surface area contributed by atoms with Crippen LogP contribution in [0.25, 0.3) is 0 Å². The van der Waals surface area contributed by atoms with Crippen LogP contribution in [0, 0.1) is 17.0 Å². The molecule has 0 heterocycles. The van der Waals surface area contributed by atoms with Crippen LogP contribution in [0.2, 0.25) is 5.02 Å². The third-order valence-electron chi connectivity index (χ3n) is 2.68. The smallest absolute Gasteiger partial charge is 0.270 e. The van der Waals surface area contributed by atoms with E-state index >= 15 is 0 Å². The first-order valence-corrected chi connectivity index (χ1v) is 6.17. The van der Waals surface area contributed by atoms with Crippen LogP contribution in [0.1, 0.15) is 15.9 Å². The van der Waals surface area contributed by atoms with Crippen LogP contribution in [0.15, 0.2) is 42.5 Å². The van der Waals surface area contributed by atoms with E-state index < -0.39 is 10.8 Å². The Morgan fingerprint density at radius 3 is 2.60 bits per heavy atom. The molecule has 0 aromatic heterocycles. The standard InChI is InChI=1S/C14H11ClN2O3/c1-9-3-2-4-10(7-9)16-14(18)12-6-5-11(17(19)20)8-13(12)15/h2-8H,1H3,(H,16,18). The molecule has 2 aromatic carbocycles. The second-order valence-electron chi connectivity index (χ2n) is 4.24. The van der Waals surface area contributed by atoms with Gasteiger partial charge >= 0.3 is 0 Å². The molecule has 5 nitrogen and oxygen atoms in total. The normalized spacial score (nSPS) is 10.1. The molecular weight excluding hydrogens is 280 g/mol. The number of nitrogens with zero attached hydrogens (tertiary/aromatic N) is 1. The monoisotopic (exact) mass is 290 g/mol. The molecule has 6 heteroatoms. The van der Waals surface area contributed by atoms with E-state index in [9.17, 15) is 14.9 Å². The first kappa shape index (κ1) is 14.0.